The molecule has 2 nitrogen and oxygen atoms in total. The van der Waals surface area contributed by atoms with Gasteiger partial charge in [0.1, 0.15) is 0 Å². The van der Waals surface area contributed by atoms with Gasteiger partial charge in [0.2, 0.25) is 0 Å². The number of benzene rings is 10. The first-order valence-corrected chi connectivity index (χ1v) is 20.6. The Balaban J connectivity index is 1.07. The van der Waals surface area contributed by atoms with Crippen LogP contribution in [0.2, 0.25) is 0 Å². The number of fused-ring (bicyclic) bond motifs is 4. The molecule has 0 unspecified atom stereocenters. The molecule has 0 aliphatic rings. The highest BCUT2D eigenvalue weighted by Crippen LogP contribution is 2.45. The predicted octanol–water partition coefficient (Wildman–Crippen LogP) is 16.1. The molecule has 0 spiro atoms. The molecule has 11 aromatic rings. The molecule has 282 valence electrons. The number of anilines is 3. The molecule has 0 aliphatic heterocycles. The second-order valence-electron chi connectivity index (χ2n) is 15.3. The summed E-state index contributed by atoms with van der Waals surface area (Å²) in [6.07, 6.45) is 0. The van der Waals surface area contributed by atoms with Crippen LogP contribution in [0.4, 0.5) is 17.1 Å². The predicted molar refractivity (Wildman–Crippen MR) is 255 cm³/mol. The van der Waals surface area contributed by atoms with Crippen LogP contribution in [0.3, 0.4) is 0 Å². The smallest absolute Gasteiger partial charge is 0.0547 e. The van der Waals surface area contributed by atoms with Crippen LogP contribution in [-0.2, 0) is 0 Å². The third kappa shape index (κ3) is 6.32. The highest BCUT2D eigenvalue weighted by atomic mass is 15.1. The number of nitrogens with zero attached hydrogens (tertiary/aromatic N) is 2. The van der Waals surface area contributed by atoms with Gasteiger partial charge in [0, 0.05) is 33.4 Å². The minimum absolute atomic E-state index is 1.09. The van der Waals surface area contributed by atoms with Crippen LogP contribution in [0, 0.1) is 0 Å². The van der Waals surface area contributed by atoms with E-state index in [4.69, 9.17) is 0 Å². The van der Waals surface area contributed by atoms with Crippen molar-refractivity contribution < 1.29 is 0 Å². The first-order chi connectivity index (χ1) is 29.8. The van der Waals surface area contributed by atoms with Crippen LogP contribution in [0.1, 0.15) is 0 Å². The van der Waals surface area contributed by atoms with Gasteiger partial charge in [-0.05, 0) is 110 Å². The third-order valence-corrected chi connectivity index (χ3v) is 11.8. The van der Waals surface area contributed by atoms with Crippen LogP contribution in [0.25, 0.3) is 82.8 Å². The average Bonchev–Trinajstić information content (AvgIpc) is 3.65. The SMILES string of the molecule is c1ccc(-c2ccc(-c3ccc(N(c4cccc(-c5cccc6c5c5cc7ccccc7cc5n6-c5ccccc5)c4)c4ccccc4-c4ccccc4)cc3)cc2)cc1. The minimum atomic E-state index is 1.09. The second kappa shape index (κ2) is 15.1. The van der Waals surface area contributed by atoms with Gasteiger partial charge < -0.3 is 9.47 Å². The molecule has 0 bridgehead atoms. The summed E-state index contributed by atoms with van der Waals surface area (Å²) in [5.41, 5.74) is 16.4. The average molecular weight is 765 g/mol. The van der Waals surface area contributed by atoms with Crippen LogP contribution in [0.5, 0.6) is 0 Å². The van der Waals surface area contributed by atoms with Crippen LogP contribution in [0.15, 0.2) is 243 Å². The molecule has 1 aromatic heterocycles. The van der Waals surface area contributed by atoms with E-state index in [9.17, 15) is 0 Å². The molecular formula is C58H40N2. The zero-order chi connectivity index (χ0) is 39.8. The Labute approximate surface area is 350 Å². The van der Waals surface area contributed by atoms with Crippen molar-refractivity contribution in [2.45, 2.75) is 0 Å². The molecule has 1 heterocycles. The highest BCUT2D eigenvalue weighted by molar-refractivity contribution is 6.18. The maximum Gasteiger partial charge on any atom is 0.0547 e. The van der Waals surface area contributed by atoms with Crippen molar-refractivity contribution in [2.75, 3.05) is 4.90 Å². The van der Waals surface area contributed by atoms with Crippen molar-refractivity contribution >= 4 is 49.6 Å². The molecule has 0 fully saturated rings. The molecule has 0 saturated heterocycles. The highest BCUT2D eigenvalue weighted by Gasteiger charge is 2.21. The van der Waals surface area contributed by atoms with E-state index in [-0.39, 0.29) is 0 Å². The zero-order valence-electron chi connectivity index (χ0n) is 33.0. The molecule has 0 radical (unpaired) electrons. The summed E-state index contributed by atoms with van der Waals surface area (Å²) < 4.78 is 2.42. The minimum Gasteiger partial charge on any atom is -0.310 e. The largest absolute Gasteiger partial charge is 0.310 e. The lowest BCUT2D eigenvalue weighted by Crippen LogP contribution is -2.11. The fourth-order valence-electron chi connectivity index (χ4n) is 8.91. The standard InChI is InChI=1S/C58H40N2/c1-4-16-41(17-5-1)42-30-32-43(33-31-42)44-34-36-50(37-35-44)59(55-28-13-12-26-52(55)45-18-6-2-7-19-45)51-25-14-22-48(38-51)53-27-15-29-56-58(53)54-39-46-20-10-11-21-47(46)40-57(54)60(56)49-23-8-3-9-24-49/h1-40H. The van der Waals surface area contributed by atoms with Crippen molar-refractivity contribution in [2.24, 2.45) is 0 Å². The Morgan fingerprint density at radius 3 is 1.52 bits per heavy atom. The van der Waals surface area contributed by atoms with Gasteiger partial charge in [-0.3, -0.25) is 0 Å². The lowest BCUT2D eigenvalue weighted by molar-refractivity contribution is 1.18. The Bertz CT molecular complexity index is 3270. The maximum atomic E-state index is 2.42. The summed E-state index contributed by atoms with van der Waals surface area (Å²) in [7, 11) is 0. The lowest BCUT2D eigenvalue weighted by atomic mass is 9.97. The van der Waals surface area contributed by atoms with Crippen LogP contribution >= 0.6 is 0 Å². The number of para-hydroxylation sites is 2. The van der Waals surface area contributed by atoms with Crippen molar-refractivity contribution in [1.82, 2.24) is 4.57 Å². The van der Waals surface area contributed by atoms with Gasteiger partial charge in [-0.2, -0.15) is 0 Å². The molecule has 0 atom stereocenters. The van der Waals surface area contributed by atoms with Gasteiger partial charge in [0.25, 0.3) is 0 Å². The normalized spacial score (nSPS) is 11.3. The van der Waals surface area contributed by atoms with Gasteiger partial charge in [0.15, 0.2) is 0 Å². The van der Waals surface area contributed by atoms with E-state index in [1.807, 2.05) is 0 Å². The second-order valence-corrected chi connectivity index (χ2v) is 15.3. The molecule has 11 rings (SSSR count). The number of rotatable bonds is 8. The summed E-state index contributed by atoms with van der Waals surface area (Å²) in [4.78, 5) is 2.41. The van der Waals surface area contributed by atoms with E-state index >= 15 is 0 Å². The first-order valence-electron chi connectivity index (χ1n) is 20.6. The van der Waals surface area contributed by atoms with Gasteiger partial charge in [-0.25, -0.2) is 0 Å². The monoisotopic (exact) mass is 764 g/mol. The Kier molecular flexibility index (Phi) is 8.87. The fraction of sp³-hybridized carbons (Fsp3) is 0. The van der Waals surface area contributed by atoms with Crippen LogP contribution < -0.4 is 4.90 Å². The summed E-state index contributed by atoms with van der Waals surface area (Å²) in [6.45, 7) is 0. The van der Waals surface area contributed by atoms with Crippen molar-refractivity contribution in [3.63, 3.8) is 0 Å². The van der Waals surface area contributed by atoms with Crippen molar-refractivity contribution in [1.29, 1.82) is 0 Å². The molecule has 0 saturated carbocycles. The van der Waals surface area contributed by atoms with Gasteiger partial charge in [-0.1, -0.05) is 182 Å². The first kappa shape index (κ1) is 35.2. The summed E-state index contributed by atoms with van der Waals surface area (Å²) in [6, 6.07) is 87.9. The number of aromatic nitrogens is 1. The fourth-order valence-corrected chi connectivity index (χ4v) is 8.91. The maximum absolute atomic E-state index is 2.42. The summed E-state index contributed by atoms with van der Waals surface area (Å²) >= 11 is 0. The number of hydrogen-bond donors (Lipinski definition) is 0. The Hall–Kier alpha value is -7.94. The van der Waals surface area contributed by atoms with Crippen molar-refractivity contribution in [3.05, 3.63) is 243 Å². The van der Waals surface area contributed by atoms with E-state index in [0.29, 0.717) is 0 Å². The topological polar surface area (TPSA) is 8.17 Å². The van der Waals surface area contributed by atoms with E-state index < -0.39 is 0 Å². The van der Waals surface area contributed by atoms with Gasteiger partial charge in [0.05, 0.1) is 16.7 Å². The van der Waals surface area contributed by atoms with E-state index in [1.165, 1.54) is 71.5 Å². The molecule has 0 N–H and O–H groups in total. The molecular weight excluding hydrogens is 725 g/mol. The molecule has 0 aliphatic carbocycles. The Morgan fingerprint density at radius 1 is 0.300 bits per heavy atom. The summed E-state index contributed by atoms with van der Waals surface area (Å²) in [5, 5.41) is 4.96. The molecule has 60 heavy (non-hydrogen) atoms. The Morgan fingerprint density at radius 2 is 0.817 bits per heavy atom. The van der Waals surface area contributed by atoms with E-state index in [1.54, 1.807) is 0 Å². The zero-order valence-corrected chi connectivity index (χ0v) is 33.0. The summed E-state index contributed by atoms with van der Waals surface area (Å²) in [5.74, 6) is 0. The quantitative estimate of drug-likeness (QED) is 0.150. The lowest BCUT2D eigenvalue weighted by Gasteiger charge is -2.28. The van der Waals surface area contributed by atoms with E-state index in [0.717, 1.165) is 28.3 Å². The molecule has 10 aromatic carbocycles. The molecule has 2 heteroatoms. The van der Waals surface area contributed by atoms with Gasteiger partial charge in [-0.15, -0.1) is 0 Å². The van der Waals surface area contributed by atoms with Gasteiger partial charge >= 0.3 is 0 Å². The van der Waals surface area contributed by atoms with Crippen molar-refractivity contribution in [3.8, 4) is 50.2 Å². The van der Waals surface area contributed by atoms with E-state index in [2.05, 4.69) is 252 Å². The third-order valence-electron chi connectivity index (χ3n) is 11.8. The number of hydrogen-bond acceptors (Lipinski definition) is 1. The van der Waals surface area contributed by atoms with Crippen LogP contribution in [-0.4, -0.2) is 4.57 Å². The molecule has 0 amide bonds.